The molecule has 0 radical (unpaired) electrons. The first-order valence-electron chi connectivity index (χ1n) is 3.42. The molecule has 0 amide bonds. The van der Waals surface area contributed by atoms with Gasteiger partial charge in [-0.1, -0.05) is 0 Å². The third-order valence-electron chi connectivity index (χ3n) is 1.39. The van der Waals surface area contributed by atoms with Gasteiger partial charge in [0.05, 0.1) is 23.9 Å². The van der Waals surface area contributed by atoms with Gasteiger partial charge >= 0.3 is 5.97 Å². The van der Waals surface area contributed by atoms with Crippen LogP contribution in [0.25, 0.3) is 0 Å². The molecule has 5 heteroatoms. The molecule has 1 heterocycles. The minimum Gasteiger partial charge on any atom is -0.477 e. The molecule has 0 saturated carbocycles. The number of rotatable bonds is 2. The smallest absolute Gasteiger partial charge is 0.354 e. The number of aliphatic hydroxyl groups excluding tert-OH is 1. The molecule has 0 saturated heterocycles. The maximum Gasteiger partial charge on any atom is 0.354 e. The highest BCUT2D eigenvalue weighted by molar-refractivity contribution is 5.85. The van der Waals surface area contributed by atoms with Crippen molar-refractivity contribution in [1.29, 1.82) is 5.26 Å². The molecule has 0 atom stereocenters. The number of carboxylic acids is 1. The Labute approximate surface area is 73.9 Å². The van der Waals surface area contributed by atoms with E-state index in [9.17, 15) is 4.79 Å². The van der Waals surface area contributed by atoms with E-state index in [0.29, 0.717) is 0 Å². The predicted molar refractivity (Wildman–Crippen MR) is 41.8 cm³/mol. The Kier molecular flexibility index (Phi) is 2.57. The Balaban J connectivity index is 3.24. The van der Waals surface area contributed by atoms with Crippen molar-refractivity contribution in [3.05, 3.63) is 29.1 Å². The topological polar surface area (TPSA) is 94.2 Å². The first-order chi connectivity index (χ1) is 6.17. The first kappa shape index (κ1) is 9.16. The molecule has 0 aliphatic rings. The standard InChI is InChI=1S/C8H6N2O3/c9-3-5-1-6(4-11)10-7(2-5)8(12)13/h1-2,11H,4H2,(H,12,13). The summed E-state index contributed by atoms with van der Waals surface area (Å²) in [7, 11) is 0. The van der Waals surface area contributed by atoms with Gasteiger partial charge in [-0.3, -0.25) is 0 Å². The molecular weight excluding hydrogens is 172 g/mol. The molecule has 0 unspecified atom stereocenters. The van der Waals surface area contributed by atoms with Crippen molar-refractivity contribution in [2.45, 2.75) is 6.61 Å². The summed E-state index contributed by atoms with van der Waals surface area (Å²) in [4.78, 5) is 14.1. The van der Waals surface area contributed by atoms with E-state index in [1.807, 2.05) is 0 Å². The summed E-state index contributed by atoms with van der Waals surface area (Å²) in [6, 6.07) is 4.28. The maximum absolute atomic E-state index is 10.5. The number of hydrogen-bond donors (Lipinski definition) is 2. The monoisotopic (exact) mass is 178 g/mol. The van der Waals surface area contributed by atoms with E-state index in [4.69, 9.17) is 15.5 Å². The summed E-state index contributed by atoms with van der Waals surface area (Å²) < 4.78 is 0. The second kappa shape index (κ2) is 3.65. The first-order valence-corrected chi connectivity index (χ1v) is 3.42. The van der Waals surface area contributed by atoms with E-state index in [2.05, 4.69) is 4.98 Å². The lowest BCUT2D eigenvalue weighted by Gasteiger charge is -1.98. The number of aliphatic hydroxyl groups is 1. The Morgan fingerprint density at radius 1 is 1.62 bits per heavy atom. The normalized spacial score (nSPS) is 9.23. The van der Waals surface area contributed by atoms with E-state index in [-0.39, 0.29) is 23.6 Å². The minimum absolute atomic E-state index is 0.177. The van der Waals surface area contributed by atoms with Crippen LogP contribution in [0.2, 0.25) is 0 Å². The van der Waals surface area contributed by atoms with Gasteiger partial charge in [0.25, 0.3) is 0 Å². The van der Waals surface area contributed by atoms with Crippen LogP contribution < -0.4 is 0 Å². The average Bonchev–Trinajstić information content (AvgIpc) is 2.16. The van der Waals surface area contributed by atoms with Gasteiger partial charge < -0.3 is 10.2 Å². The number of hydrogen-bond acceptors (Lipinski definition) is 4. The zero-order valence-electron chi connectivity index (χ0n) is 6.56. The van der Waals surface area contributed by atoms with Crippen molar-refractivity contribution in [2.24, 2.45) is 0 Å². The van der Waals surface area contributed by atoms with Crippen molar-refractivity contribution >= 4 is 5.97 Å². The molecule has 0 aromatic carbocycles. The molecule has 5 nitrogen and oxygen atoms in total. The number of pyridine rings is 1. The van der Waals surface area contributed by atoms with Crippen molar-refractivity contribution in [2.75, 3.05) is 0 Å². The second-order valence-corrected chi connectivity index (χ2v) is 2.31. The minimum atomic E-state index is -1.22. The van der Waals surface area contributed by atoms with Crippen LogP contribution in [0.1, 0.15) is 21.7 Å². The zero-order valence-corrected chi connectivity index (χ0v) is 6.56. The Hall–Kier alpha value is -1.93. The van der Waals surface area contributed by atoms with Crippen LogP contribution in [-0.4, -0.2) is 21.2 Å². The van der Waals surface area contributed by atoms with Gasteiger partial charge in [0.15, 0.2) is 0 Å². The van der Waals surface area contributed by atoms with Crippen LogP contribution in [0, 0.1) is 11.3 Å². The maximum atomic E-state index is 10.5. The van der Waals surface area contributed by atoms with E-state index in [1.54, 1.807) is 6.07 Å². The number of carboxylic acid groups (broad SMARTS) is 1. The van der Waals surface area contributed by atoms with Crippen LogP contribution in [0.15, 0.2) is 12.1 Å². The molecule has 0 bridgehead atoms. The molecule has 2 N–H and O–H groups in total. The summed E-state index contributed by atoms with van der Waals surface area (Å²) >= 11 is 0. The average molecular weight is 178 g/mol. The van der Waals surface area contributed by atoms with Crippen LogP contribution >= 0.6 is 0 Å². The van der Waals surface area contributed by atoms with Crippen LogP contribution in [0.3, 0.4) is 0 Å². The molecule has 1 rings (SSSR count). The Bertz CT molecular complexity index is 381. The third-order valence-corrected chi connectivity index (χ3v) is 1.39. The molecule has 66 valence electrons. The van der Waals surface area contributed by atoms with Crippen LogP contribution in [0.4, 0.5) is 0 Å². The lowest BCUT2D eigenvalue weighted by molar-refractivity contribution is 0.0690. The molecule has 0 aliphatic carbocycles. The summed E-state index contributed by atoms with van der Waals surface area (Å²) in [6.45, 7) is -0.379. The fourth-order valence-electron chi connectivity index (χ4n) is 0.843. The van der Waals surface area contributed by atoms with E-state index in [1.165, 1.54) is 6.07 Å². The van der Waals surface area contributed by atoms with Gasteiger partial charge in [0, 0.05) is 0 Å². The highest BCUT2D eigenvalue weighted by atomic mass is 16.4. The predicted octanol–water partition coefficient (Wildman–Crippen LogP) is 0.144. The molecule has 0 fully saturated rings. The van der Waals surface area contributed by atoms with Crippen molar-refractivity contribution < 1.29 is 15.0 Å². The van der Waals surface area contributed by atoms with Gasteiger partial charge in [-0.25, -0.2) is 9.78 Å². The van der Waals surface area contributed by atoms with Crippen LogP contribution in [-0.2, 0) is 6.61 Å². The Morgan fingerprint density at radius 3 is 2.77 bits per heavy atom. The summed E-state index contributed by atoms with van der Waals surface area (Å²) in [6.07, 6.45) is 0. The van der Waals surface area contributed by atoms with E-state index >= 15 is 0 Å². The molecule has 1 aromatic heterocycles. The highest BCUT2D eigenvalue weighted by Gasteiger charge is 2.07. The fraction of sp³-hybridized carbons (Fsp3) is 0.125. The highest BCUT2D eigenvalue weighted by Crippen LogP contribution is 2.05. The van der Waals surface area contributed by atoms with Crippen molar-refractivity contribution in [3.63, 3.8) is 0 Å². The molecule has 1 aromatic rings. The number of nitrogens with zero attached hydrogens (tertiary/aromatic N) is 2. The molecule has 0 aliphatic heterocycles. The van der Waals surface area contributed by atoms with Crippen LogP contribution in [0.5, 0.6) is 0 Å². The largest absolute Gasteiger partial charge is 0.477 e. The molecule has 0 spiro atoms. The zero-order chi connectivity index (χ0) is 9.84. The second-order valence-electron chi connectivity index (χ2n) is 2.31. The lowest BCUT2D eigenvalue weighted by Crippen LogP contribution is -2.03. The van der Waals surface area contributed by atoms with Gasteiger partial charge in [-0.2, -0.15) is 5.26 Å². The van der Waals surface area contributed by atoms with Crippen molar-refractivity contribution in [1.82, 2.24) is 4.98 Å². The quantitative estimate of drug-likeness (QED) is 0.671. The molecule has 13 heavy (non-hydrogen) atoms. The fourth-order valence-corrected chi connectivity index (χ4v) is 0.843. The SMILES string of the molecule is N#Cc1cc(CO)nc(C(=O)O)c1. The third kappa shape index (κ3) is 2.01. The summed E-state index contributed by atoms with van der Waals surface area (Å²) in [5, 5.41) is 25.8. The van der Waals surface area contributed by atoms with E-state index < -0.39 is 5.97 Å². The number of aromatic carboxylic acids is 1. The number of carbonyl (C=O) groups is 1. The van der Waals surface area contributed by atoms with Crippen molar-refractivity contribution in [3.8, 4) is 6.07 Å². The number of aromatic nitrogens is 1. The summed E-state index contributed by atoms with van der Waals surface area (Å²) in [5.41, 5.74) is 0.121. The van der Waals surface area contributed by atoms with Gasteiger partial charge in [-0.15, -0.1) is 0 Å². The number of nitriles is 1. The molecular formula is C8H6N2O3. The van der Waals surface area contributed by atoms with Gasteiger partial charge in [0.1, 0.15) is 5.69 Å². The summed E-state index contributed by atoms with van der Waals surface area (Å²) in [5.74, 6) is -1.22. The Morgan fingerprint density at radius 2 is 2.31 bits per heavy atom. The van der Waals surface area contributed by atoms with Gasteiger partial charge in [-0.05, 0) is 12.1 Å². The lowest BCUT2D eigenvalue weighted by atomic mass is 10.2. The van der Waals surface area contributed by atoms with Gasteiger partial charge in [0.2, 0.25) is 0 Å². The van der Waals surface area contributed by atoms with E-state index in [0.717, 1.165) is 6.07 Å².